The van der Waals surface area contributed by atoms with Crippen molar-refractivity contribution >= 4 is 28.4 Å². The molecule has 1 unspecified atom stereocenters. The topological polar surface area (TPSA) is 44.9 Å². The number of nitrogens with one attached hydrogen (secondary N) is 2. The molecule has 0 aliphatic heterocycles. The van der Waals surface area contributed by atoms with Crippen LogP contribution in [0.2, 0.25) is 5.02 Å². The predicted molar refractivity (Wildman–Crippen MR) is 110 cm³/mol. The highest BCUT2D eigenvalue weighted by Gasteiger charge is 2.19. The van der Waals surface area contributed by atoms with Gasteiger partial charge in [0.15, 0.2) is 0 Å². The number of H-pyrrole nitrogens is 1. The third kappa shape index (κ3) is 3.60. The summed E-state index contributed by atoms with van der Waals surface area (Å²) in [6, 6.07) is 25.5. The molecule has 1 aromatic heterocycles. The van der Waals surface area contributed by atoms with Crippen LogP contribution in [0.15, 0.2) is 85.1 Å². The van der Waals surface area contributed by atoms with Crippen molar-refractivity contribution in [1.29, 1.82) is 0 Å². The van der Waals surface area contributed by atoms with Crippen molar-refractivity contribution in [3.8, 4) is 0 Å². The highest BCUT2D eigenvalue weighted by atomic mass is 35.5. The van der Waals surface area contributed by atoms with E-state index in [2.05, 4.69) is 34.6 Å². The minimum atomic E-state index is -0.165. The van der Waals surface area contributed by atoms with Gasteiger partial charge >= 0.3 is 0 Å². The summed E-state index contributed by atoms with van der Waals surface area (Å²) in [6.07, 6.45) is 2.03. The number of carbonyl (C=O) groups is 1. The predicted octanol–water partition coefficient (Wildman–Crippen LogP) is 5.38. The molecule has 1 amide bonds. The van der Waals surface area contributed by atoms with Crippen molar-refractivity contribution in [2.45, 2.75) is 5.92 Å². The summed E-state index contributed by atoms with van der Waals surface area (Å²) in [4.78, 5) is 16.0. The number of halogens is 1. The Labute approximate surface area is 163 Å². The average Bonchev–Trinajstić information content (AvgIpc) is 3.13. The Hall–Kier alpha value is -3.04. The molecule has 4 aromatic rings. The van der Waals surface area contributed by atoms with Gasteiger partial charge in [-0.1, -0.05) is 72.3 Å². The van der Waals surface area contributed by atoms with Gasteiger partial charge in [-0.25, -0.2) is 0 Å². The first-order chi connectivity index (χ1) is 13.2. The fraction of sp³-hybridized carbons (Fsp3) is 0.0870. The number of para-hydroxylation sites is 1. The minimum Gasteiger partial charge on any atom is -0.361 e. The van der Waals surface area contributed by atoms with Crippen LogP contribution in [0.5, 0.6) is 0 Å². The van der Waals surface area contributed by atoms with Gasteiger partial charge in [-0.2, -0.15) is 0 Å². The lowest BCUT2D eigenvalue weighted by Gasteiger charge is -2.18. The van der Waals surface area contributed by atoms with Gasteiger partial charge in [0.25, 0.3) is 5.91 Å². The molecule has 0 fully saturated rings. The van der Waals surface area contributed by atoms with E-state index >= 15 is 0 Å². The molecule has 2 N–H and O–H groups in total. The van der Waals surface area contributed by atoms with Crippen LogP contribution in [-0.2, 0) is 0 Å². The normalized spacial score (nSPS) is 12.0. The zero-order valence-electron chi connectivity index (χ0n) is 14.7. The van der Waals surface area contributed by atoms with Gasteiger partial charge < -0.3 is 10.3 Å². The van der Waals surface area contributed by atoms with Gasteiger partial charge in [-0.15, -0.1) is 0 Å². The van der Waals surface area contributed by atoms with Gasteiger partial charge in [0.05, 0.1) is 10.6 Å². The smallest absolute Gasteiger partial charge is 0.252 e. The molecule has 1 atom stereocenters. The monoisotopic (exact) mass is 374 g/mol. The standard InChI is InChI=1S/C23H19ClN2O/c24-21-12-6-4-11-18(21)23(27)26-14-19(16-8-2-1-3-9-16)20-15-25-22-13-7-5-10-17(20)22/h1-13,15,19,25H,14H2,(H,26,27). The van der Waals surface area contributed by atoms with Crippen molar-refractivity contribution in [2.75, 3.05) is 6.54 Å². The summed E-state index contributed by atoms with van der Waals surface area (Å²) >= 11 is 6.16. The Morgan fingerprint density at radius 3 is 2.44 bits per heavy atom. The largest absolute Gasteiger partial charge is 0.361 e. The van der Waals surface area contributed by atoms with Crippen LogP contribution < -0.4 is 5.32 Å². The second-order valence-electron chi connectivity index (χ2n) is 6.44. The van der Waals surface area contributed by atoms with Gasteiger partial charge in [-0.05, 0) is 29.3 Å². The van der Waals surface area contributed by atoms with Crippen LogP contribution in [0.4, 0.5) is 0 Å². The Kier molecular flexibility index (Phi) is 4.95. The quantitative estimate of drug-likeness (QED) is 0.483. The van der Waals surface area contributed by atoms with Gasteiger partial charge in [0, 0.05) is 29.6 Å². The molecule has 4 heteroatoms. The van der Waals surface area contributed by atoms with Crippen molar-refractivity contribution < 1.29 is 4.79 Å². The number of carbonyl (C=O) groups excluding carboxylic acids is 1. The number of hydrogen-bond acceptors (Lipinski definition) is 1. The molecule has 0 aliphatic rings. The van der Waals surface area contributed by atoms with Crippen molar-refractivity contribution in [3.05, 3.63) is 107 Å². The molecule has 27 heavy (non-hydrogen) atoms. The first-order valence-corrected chi connectivity index (χ1v) is 9.25. The molecule has 134 valence electrons. The molecule has 3 nitrogen and oxygen atoms in total. The Bertz CT molecular complexity index is 1070. The number of aromatic nitrogens is 1. The maximum atomic E-state index is 12.6. The van der Waals surface area contributed by atoms with Crippen molar-refractivity contribution in [1.82, 2.24) is 10.3 Å². The molecule has 1 heterocycles. The Morgan fingerprint density at radius 1 is 0.926 bits per heavy atom. The first-order valence-electron chi connectivity index (χ1n) is 8.87. The zero-order valence-corrected chi connectivity index (χ0v) is 15.4. The van der Waals surface area contributed by atoms with E-state index in [1.165, 1.54) is 5.39 Å². The lowest BCUT2D eigenvalue weighted by molar-refractivity contribution is 0.0952. The number of hydrogen-bond donors (Lipinski definition) is 2. The zero-order chi connectivity index (χ0) is 18.6. The third-order valence-electron chi connectivity index (χ3n) is 4.78. The molecule has 0 radical (unpaired) electrons. The number of aromatic amines is 1. The minimum absolute atomic E-state index is 0.0359. The fourth-order valence-corrected chi connectivity index (χ4v) is 3.63. The molecular formula is C23H19ClN2O. The van der Waals surface area contributed by atoms with Gasteiger partial charge in [0.2, 0.25) is 0 Å². The van der Waals surface area contributed by atoms with Gasteiger partial charge in [-0.3, -0.25) is 4.79 Å². The molecule has 0 bridgehead atoms. The fourth-order valence-electron chi connectivity index (χ4n) is 3.41. The van der Waals surface area contributed by atoms with E-state index in [0.717, 1.165) is 16.6 Å². The average molecular weight is 375 g/mol. The van der Waals surface area contributed by atoms with E-state index in [0.29, 0.717) is 17.1 Å². The maximum absolute atomic E-state index is 12.6. The van der Waals surface area contributed by atoms with Crippen LogP contribution >= 0.6 is 11.6 Å². The second kappa shape index (κ2) is 7.68. The molecule has 0 aliphatic carbocycles. The van der Waals surface area contributed by atoms with Crippen LogP contribution in [-0.4, -0.2) is 17.4 Å². The van der Waals surface area contributed by atoms with Crippen LogP contribution in [0.3, 0.4) is 0 Å². The Balaban J connectivity index is 1.65. The number of fused-ring (bicyclic) bond motifs is 1. The first kappa shape index (κ1) is 17.4. The summed E-state index contributed by atoms with van der Waals surface area (Å²) in [5.41, 5.74) is 3.90. The lowest BCUT2D eigenvalue weighted by atomic mass is 9.91. The van der Waals surface area contributed by atoms with E-state index < -0.39 is 0 Å². The van der Waals surface area contributed by atoms with Crippen molar-refractivity contribution in [3.63, 3.8) is 0 Å². The van der Waals surface area contributed by atoms with E-state index in [4.69, 9.17) is 11.6 Å². The summed E-state index contributed by atoms with van der Waals surface area (Å²) in [5, 5.41) is 4.68. The second-order valence-corrected chi connectivity index (χ2v) is 6.85. The Morgan fingerprint density at radius 2 is 1.63 bits per heavy atom. The van der Waals surface area contributed by atoms with Crippen LogP contribution in [0, 0.1) is 0 Å². The summed E-state index contributed by atoms with van der Waals surface area (Å²) < 4.78 is 0. The van der Waals surface area contributed by atoms with E-state index in [1.54, 1.807) is 12.1 Å². The van der Waals surface area contributed by atoms with Crippen molar-refractivity contribution in [2.24, 2.45) is 0 Å². The highest BCUT2D eigenvalue weighted by molar-refractivity contribution is 6.33. The van der Waals surface area contributed by atoms with E-state index in [1.807, 2.05) is 48.7 Å². The number of benzene rings is 3. The summed E-state index contributed by atoms with van der Waals surface area (Å²) in [7, 11) is 0. The molecule has 0 saturated heterocycles. The summed E-state index contributed by atoms with van der Waals surface area (Å²) in [6.45, 7) is 0.482. The number of rotatable bonds is 5. The number of amides is 1. The lowest BCUT2D eigenvalue weighted by Crippen LogP contribution is -2.29. The van der Waals surface area contributed by atoms with Gasteiger partial charge in [0.1, 0.15) is 0 Å². The van der Waals surface area contributed by atoms with Crippen LogP contribution in [0.25, 0.3) is 10.9 Å². The summed E-state index contributed by atoms with van der Waals surface area (Å²) in [5.74, 6) is -0.129. The molecule has 0 spiro atoms. The molecule has 4 rings (SSSR count). The SMILES string of the molecule is O=C(NCC(c1ccccc1)c1c[nH]c2ccccc12)c1ccccc1Cl. The third-order valence-corrected chi connectivity index (χ3v) is 5.11. The highest BCUT2D eigenvalue weighted by Crippen LogP contribution is 2.30. The van der Waals surface area contributed by atoms with E-state index in [9.17, 15) is 4.79 Å². The molecule has 0 saturated carbocycles. The van der Waals surface area contributed by atoms with Crippen LogP contribution in [0.1, 0.15) is 27.4 Å². The molecular weight excluding hydrogens is 356 g/mol. The maximum Gasteiger partial charge on any atom is 0.252 e. The van der Waals surface area contributed by atoms with E-state index in [-0.39, 0.29) is 11.8 Å². The molecule has 3 aromatic carbocycles.